The van der Waals surface area contributed by atoms with E-state index in [1.165, 1.54) is 0 Å². The van der Waals surface area contributed by atoms with Crippen LogP contribution in [0.5, 0.6) is 5.75 Å². The number of nitrogens with zero attached hydrogens (tertiary/aromatic N) is 4. The fourth-order valence-electron chi connectivity index (χ4n) is 5.80. The van der Waals surface area contributed by atoms with Gasteiger partial charge in [0, 0.05) is 31.9 Å². The zero-order valence-corrected chi connectivity index (χ0v) is 20.9. The molecule has 0 saturated carbocycles. The van der Waals surface area contributed by atoms with Gasteiger partial charge in [0.15, 0.2) is 0 Å². The van der Waals surface area contributed by atoms with Crippen LogP contribution in [0.15, 0.2) is 54.6 Å². The summed E-state index contributed by atoms with van der Waals surface area (Å²) in [5.41, 5.74) is 0.729. The van der Waals surface area contributed by atoms with Gasteiger partial charge in [-0.05, 0) is 56.4 Å². The Labute approximate surface area is 212 Å². The molecule has 0 radical (unpaired) electrons. The molecule has 0 N–H and O–H groups in total. The lowest BCUT2D eigenvalue weighted by molar-refractivity contribution is -0.141. The van der Waals surface area contributed by atoms with E-state index in [1.54, 1.807) is 29.0 Å². The Balaban J connectivity index is 1.35. The molecule has 2 aromatic carbocycles. The third kappa shape index (κ3) is 4.40. The molecule has 1 spiro atoms. The molecule has 3 amide bonds. The lowest BCUT2D eigenvalue weighted by Crippen LogP contribution is -2.57. The molecular formula is C28H34N4O4. The van der Waals surface area contributed by atoms with Gasteiger partial charge >= 0.3 is 0 Å². The van der Waals surface area contributed by atoms with E-state index >= 15 is 0 Å². The second-order valence-corrected chi connectivity index (χ2v) is 9.87. The number of benzene rings is 2. The fourth-order valence-corrected chi connectivity index (χ4v) is 5.80. The number of ether oxygens (including phenoxy) is 1. The Morgan fingerprint density at radius 3 is 2.22 bits per heavy atom. The van der Waals surface area contributed by atoms with E-state index < -0.39 is 5.54 Å². The lowest BCUT2D eigenvalue weighted by Gasteiger charge is -2.43. The highest BCUT2D eigenvalue weighted by Gasteiger charge is 2.54. The molecule has 0 aliphatic carbocycles. The summed E-state index contributed by atoms with van der Waals surface area (Å²) in [6.45, 7) is 2.94. The van der Waals surface area contributed by atoms with Crippen LogP contribution in [0.2, 0.25) is 0 Å². The van der Waals surface area contributed by atoms with Crippen LogP contribution >= 0.6 is 0 Å². The molecule has 0 unspecified atom stereocenters. The average molecular weight is 491 g/mol. The van der Waals surface area contributed by atoms with Crippen molar-refractivity contribution < 1.29 is 19.1 Å². The van der Waals surface area contributed by atoms with Crippen LogP contribution in [0.1, 0.15) is 42.5 Å². The maximum Gasteiger partial charge on any atom is 0.257 e. The van der Waals surface area contributed by atoms with Crippen molar-refractivity contribution in [3.05, 3.63) is 60.2 Å². The molecule has 3 aliphatic heterocycles. The van der Waals surface area contributed by atoms with Gasteiger partial charge in [-0.1, -0.05) is 30.3 Å². The second kappa shape index (κ2) is 10.2. The first-order valence-electron chi connectivity index (χ1n) is 12.9. The maximum absolute atomic E-state index is 13.9. The van der Waals surface area contributed by atoms with Crippen molar-refractivity contribution in [2.45, 2.75) is 37.6 Å². The molecule has 3 saturated heterocycles. The Morgan fingerprint density at radius 1 is 0.861 bits per heavy atom. The van der Waals surface area contributed by atoms with E-state index in [0.717, 1.165) is 38.0 Å². The first kappa shape index (κ1) is 24.2. The predicted octanol–water partition coefficient (Wildman–Crippen LogP) is 2.99. The van der Waals surface area contributed by atoms with Crippen LogP contribution < -0.4 is 9.64 Å². The summed E-state index contributed by atoms with van der Waals surface area (Å²) in [6, 6.07) is 17.1. The Morgan fingerprint density at radius 2 is 1.53 bits per heavy atom. The number of carbonyl (C=O) groups excluding carboxylic acids is 3. The van der Waals surface area contributed by atoms with Crippen molar-refractivity contribution in [2.24, 2.45) is 0 Å². The van der Waals surface area contributed by atoms with E-state index in [0.29, 0.717) is 43.9 Å². The first-order chi connectivity index (χ1) is 17.5. The van der Waals surface area contributed by atoms with Crippen LogP contribution in [0.3, 0.4) is 0 Å². The Hall–Kier alpha value is -3.55. The standard InChI is InChI=1S/C28H34N4O4/c1-36-24-13-7-6-12-23(24)26(34)30-18-14-28(15-19-30)27(35)31(20-25(33)29-16-8-3-9-17-29)21-32(28)22-10-4-2-5-11-22/h2,4-7,10-13H,3,8-9,14-21H2,1H3. The number of hydrogen-bond acceptors (Lipinski definition) is 5. The minimum atomic E-state index is -0.763. The van der Waals surface area contributed by atoms with Crippen LogP contribution in [0, 0.1) is 0 Å². The third-order valence-electron chi connectivity index (χ3n) is 7.83. The van der Waals surface area contributed by atoms with Gasteiger partial charge in [-0.15, -0.1) is 0 Å². The average Bonchev–Trinajstić information content (AvgIpc) is 3.20. The van der Waals surface area contributed by atoms with Crippen molar-refractivity contribution in [3.63, 3.8) is 0 Å². The highest BCUT2D eigenvalue weighted by Crippen LogP contribution is 2.40. The molecule has 0 atom stereocenters. The summed E-state index contributed by atoms with van der Waals surface area (Å²) in [7, 11) is 1.56. The second-order valence-electron chi connectivity index (χ2n) is 9.87. The zero-order valence-electron chi connectivity index (χ0n) is 20.9. The SMILES string of the molecule is COc1ccccc1C(=O)N1CCC2(CC1)C(=O)N(CC(=O)N1CCCCC1)CN2c1ccccc1. The van der Waals surface area contributed by atoms with Crippen molar-refractivity contribution in [1.29, 1.82) is 0 Å². The number of amides is 3. The van der Waals surface area contributed by atoms with Gasteiger partial charge in [0.2, 0.25) is 5.91 Å². The quantitative estimate of drug-likeness (QED) is 0.644. The lowest BCUT2D eigenvalue weighted by atomic mass is 9.85. The molecule has 3 aliphatic rings. The van der Waals surface area contributed by atoms with E-state index in [1.807, 2.05) is 47.4 Å². The maximum atomic E-state index is 13.9. The Bertz CT molecular complexity index is 1110. The number of piperidine rings is 2. The zero-order chi connectivity index (χ0) is 25.1. The number of likely N-dealkylation sites (tertiary alicyclic amines) is 2. The van der Waals surface area contributed by atoms with Crippen LogP contribution in [-0.2, 0) is 9.59 Å². The highest BCUT2D eigenvalue weighted by molar-refractivity contribution is 5.99. The van der Waals surface area contributed by atoms with Crippen molar-refractivity contribution in [2.75, 3.05) is 51.4 Å². The number of hydrogen-bond donors (Lipinski definition) is 0. The molecule has 3 heterocycles. The largest absolute Gasteiger partial charge is 0.496 e. The molecule has 0 aromatic heterocycles. The van der Waals surface area contributed by atoms with Gasteiger partial charge in [0.25, 0.3) is 11.8 Å². The number of methoxy groups -OCH3 is 1. The van der Waals surface area contributed by atoms with Gasteiger partial charge in [0.05, 0.1) is 19.3 Å². The molecule has 0 bridgehead atoms. The summed E-state index contributed by atoms with van der Waals surface area (Å²) in [5, 5.41) is 0. The number of rotatable bonds is 5. The van der Waals surface area contributed by atoms with Crippen molar-refractivity contribution >= 4 is 23.4 Å². The molecule has 190 valence electrons. The predicted molar refractivity (Wildman–Crippen MR) is 137 cm³/mol. The first-order valence-corrected chi connectivity index (χ1v) is 12.9. The summed E-state index contributed by atoms with van der Waals surface area (Å²) in [5.74, 6) is 0.474. The minimum absolute atomic E-state index is 0.0129. The monoisotopic (exact) mass is 490 g/mol. The molecule has 2 aromatic rings. The van der Waals surface area contributed by atoms with Crippen LogP contribution in [0.25, 0.3) is 0 Å². The van der Waals surface area contributed by atoms with E-state index in [-0.39, 0.29) is 24.3 Å². The third-order valence-corrected chi connectivity index (χ3v) is 7.83. The number of carbonyl (C=O) groups is 3. The van der Waals surface area contributed by atoms with Gasteiger partial charge in [-0.25, -0.2) is 0 Å². The highest BCUT2D eigenvalue weighted by atomic mass is 16.5. The van der Waals surface area contributed by atoms with Gasteiger partial charge in [-0.3, -0.25) is 14.4 Å². The summed E-state index contributed by atoms with van der Waals surface area (Å²) in [6.07, 6.45) is 4.22. The van der Waals surface area contributed by atoms with Gasteiger partial charge < -0.3 is 24.3 Å². The molecular weight excluding hydrogens is 456 g/mol. The van der Waals surface area contributed by atoms with Gasteiger partial charge in [-0.2, -0.15) is 0 Å². The molecule has 3 fully saturated rings. The molecule has 5 rings (SSSR count). The van der Waals surface area contributed by atoms with Crippen LogP contribution in [-0.4, -0.2) is 84.5 Å². The summed E-state index contributed by atoms with van der Waals surface area (Å²) >= 11 is 0. The van der Waals surface area contributed by atoms with Crippen LogP contribution in [0.4, 0.5) is 5.69 Å². The smallest absolute Gasteiger partial charge is 0.257 e. The normalized spacial score (nSPS) is 19.6. The number of para-hydroxylation sites is 2. The van der Waals surface area contributed by atoms with E-state index in [9.17, 15) is 14.4 Å². The number of anilines is 1. The molecule has 36 heavy (non-hydrogen) atoms. The van der Waals surface area contributed by atoms with Gasteiger partial charge in [0.1, 0.15) is 17.8 Å². The minimum Gasteiger partial charge on any atom is -0.496 e. The van der Waals surface area contributed by atoms with E-state index in [4.69, 9.17) is 4.74 Å². The van der Waals surface area contributed by atoms with Crippen molar-refractivity contribution in [1.82, 2.24) is 14.7 Å². The fraction of sp³-hybridized carbons (Fsp3) is 0.464. The summed E-state index contributed by atoms with van der Waals surface area (Å²) in [4.78, 5) is 47.8. The summed E-state index contributed by atoms with van der Waals surface area (Å²) < 4.78 is 5.39. The molecule has 8 heteroatoms. The molecule has 8 nitrogen and oxygen atoms in total. The van der Waals surface area contributed by atoms with Crippen molar-refractivity contribution in [3.8, 4) is 5.75 Å². The Kier molecular flexibility index (Phi) is 6.85. The topological polar surface area (TPSA) is 73.4 Å². The van der Waals surface area contributed by atoms with E-state index in [2.05, 4.69) is 4.90 Å².